The van der Waals surface area contributed by atoms with Gasteiger partial charge in [0.25, 0.3) is 11.5 Å². The van der Waals surface area contributed by atoms with Crippen LogP contribution in [0.3, 0.4) is 0 Å². The second-order valence-electron chi connectivity index (χ2n) is 8.76. The Kier molecular flexibility index (Phi) is 6.16. The Hall–Kier alpha value is -4.83. The summed E-state index contributed by atoms with van der Waals surface area (Å²) in [6.45, 7) is 0. The van der Waals surface area contributed by atoms with E-state index in [0.29, 0.717) is 27.0 Å². The van der Waals surface area contributed by atoms with Crippen LogP contribution in [0.25, 0.3) is 27.8 Å². The van der Waals surface area contributed by atoms with Crippen LogP contribution in [0, 0.1) is 5.82 Å². The van der Waals surface area contributed by atoms with Gasteiger partial charge in [-0.2, -0.15) is 0 Å². The zero-order chi connectivity index (χ0) is 27.1. The van der Waals surface area contributed by atoms with Gasteiger partial charge in [0.05, 0.1) is 11.1 Å². The highest BCUT2D eigenvalue weighted by molar-refractivity contribution is 9.10. The molecular weight excluding hydrogens is 565 g/mol. The molecule has 6 aromatic rings. The lowest BCUT2D eigenvalue weighted by Gasteiger charge is -2.13. The third-order valence-electron chi connectivity index (χ3n) is 6.23. The first kappa shape index (κ1) is 24.5. The van der Waals surface area contributed by atoms with E-state index >= 15 is 0 Å². The van der Waals surface area contributed by atoms with E-state index in [4.69, 9.17) is 4.74 Å². The molecule has 2 aromatic carbocycles. The molecule has 39 heavy (non-hydrogen) atoms. The summed E-state index contributed by atoms with van der Waals surface area (Å²) in [4.78, 5) is 35.3. The number of aromatic nitrogens is 4. The number of rotatable bonds is 5. The van der Waals surface area contributed by atoms with Gasteiger partial charge in [-0.3, -0.25) is 14.2 Å². The number of amides is 1. The van der Waals surface area contributed by atoms with Crippen molar-refractivity contribution >= 4 is 49.6 Å². The molecule has 0 atom stereocenters. The van der Waals surface area contributed by atoms with Crippen molar-refractivity contribution in [1.82, 2.24) is 19.1 Å². The Labute approximate surface area is 229 Å². The van der Waals surface area contributed by atoms with E-state index in [2.05, 4.69) is 31.2 Å². The average molecular weight is 584 g/mol. The Balaban J connectivity index is 1.30. The normalized spacial score (nSPS) is 11.2. The maximum Gasteiger partial charge on any atom is 0.269 e. The highest BCUT2D eigenvalue weighted by Crippen LogP contribution is 2.30. The Bertz CT molecular complexity index is 1950. The number of hydrogen-bond donors (Lipinski definition) is 1. The summed E-state index contributed by atoms with van der Waals surface area (Å²) >= 11 is 3.23. The molecule has 4 heterocycles. The maximum atomic E-state index is 14.9. The molecule has 1 amide bonds. The van der Waals surface area contributed by atoms with E-state index < -0.39 is 17.3 Å². The molecule has 0 aliphatic carbocycles. The Morgan fingerprint density at radius 1 is 0.974 bits per heavy atom. The zero-order valence-electron chi connectivity index (χ0n) is 20.4. The maximum absolute atomic E-state index is 14.9. The summed E-state index contributed by atoms with van der Waals surface area (Å²) in [6.07, 6.45) is 5.09. The molecule has 6 rings (SSSR count). The zero-order valence-corrected chi connectivity index (χ0v) is 22.0. The number of ether oxygens (including phenoxy) is 1. The number of nitrogens with one attached hydrogen (secondary N) is 1. The number of anilines is 1. The molecule has 1 N–H and O–H groups in total. The first-order valence-electron chi connectivity index (χ1n) is 11.8. The summed E-state index contributed by atoms with van der Waals surface area (Å²) < 4.78 is 24.4. The van der Waals surface area contributed by atoms with E-state index in [1.807, 2.05) is 23.9 Å². The predicted molar refractivity (Wildman–Crippen MR) is 150 cm³/mol. The molecule has 0 aliphatic rings. The number of halogens is 2. The number of nitrogens with zero attached hydrogens (tertiary/aromatic N) is 4. The SMILES string of the molecule is Cn1ccc2c(Oc3ccc(NC(=O)c4cc5cccnc5n(-c5ccc(Br)cc5F)c4=O)cc3)ccnc21. The molecule has 0 unspecified atom stereocenters. The summed E-state index contributed by atoms with van der Waals surface area (Å²) in [5.41, 5.74) is 0.651. The highest BCUT2D eigenvalue weighted by Gasteiger charge is 2.19. The van der Waals surface area contributed by atoms with Gasteiger partial charge in [-0.25, -0.2) is 14.4 Å². The number of fused-ring (bicyclic) bond motifs is 2. The molecular formula is C29H19BrFN5O3. The molecule has 192 valence electrons. The van der Waals surface area contributed by atoms with Gasteiger partial charge in [-0.05, 0) is 72.8 Å². The minimum atomic E-state index is -0.690. The molecule has 0 spiro atoms. The number of carbonyl (C=O) groups is 1. The van der Waals surface area contributed by atoms with Crippen molar-refractivity contribution in [2.24, 2.45) is 7.05 Å². The van der Waals surface area contributed by atoms with Crippen LogP contribution in [0.2, 0.25) is 0 Å². The van der Waals surface area contributed by atoms with Gasteiger partial charge in [0.2, 0.25) is 0 Å². The predicted octanol–water partition coefficient (Wildman–Crippen LogP) is 6.22. The van der Waals surface area contributed by atoms with Crippen LogP contribution < -0.4 is 15.6 Å². The van der Waals surface area contributed by atoms with Crippen LogP contribution in [-0.2, 0) is 7.05 Å². The minimum absolute atomic E-state index is 0.00770. The molecule has 0 bridgehead atoms. The molecule has 8 nitrogen and oxygen atoms in total. The molecule has 0 radical (unpaired) electrons. The monoisotopic (exact) mass is 583 g/mol. The Morgan fingerprint density at radius 3 is 2.56 bits per heavy atom. The van der Waals surface area contributed by atoms with Crippen LogP contribution >= 0.6 is 15.9 Å². The van der Waals surface area contributed by atoms with E-state index in [0.717, 1.165) is 15.6 Å². The molecule has 0 fully saturated rings. The minimum Gasteiger partial charge on any atom is -0.457 e. The van der Waals surface area contributed by atoms with E-state index in [1.165, 1.54) is 24.4 Å². The summed E-state index contributed by atoms with van der Waals surface area (Å²) in [7, 11) is 1.91. The van der Waals surface area contributed by atoms with Crippen LogP contribution in [0.5, 0.6) is 11.5 Å². The number of aryl methyl sites for hydroxylation is 1. The van der Waals surface area contributed by atoms with Crippen molar-refractivity contribution in [3.05, 3.63) is 118 Å². The largest absolute Gasteiger partial charge is 0.457 e. The lowest BCUT2D eigenvalue weighted by atomic mass is 10.1. The van der Waals surface area contributed by atoms with Gasteiger partial charge >= 0.3 is 0 Å². The van der Waals surface area contributed by atoms with Crippen molar-refractivity contribution < 1.29 is 13.9 Å². The van der Waals surface area contributed by atoms with Crippen molar-refractivity contribution in [3.8, 4) is 17.2 Å². The van der Waals surface area contributed by atoms with E-state index in [-0.39, 0.29) is 16.9 Å². The lowest BCUT2D eigenvalue weighted by Crippen LogP contribution is -2.29. The highest BCUT2D eigenvalue weighted by atomic mass is 79.9. The first-order chi connectivity index (χ1) is 18.9. The van der Waals surface area contributed by atoms with Crippen molar-refractivity contribution in [1.29, 1.82) is 0 Å². The van der Waals surface area contributed by atoms with E-state index in [1.54, 1.807) is 54.7 Å². The third kappa shape index (κ3) is 4.55. The molecule has 0 saturated carbocycles. The van der Waals surface area contributed by atoms with Crippen molar-refractivity contribution in [3.63, 3.8) is 0 Å². The second-order valence-corrected chi connectivity index (χ2v) is 9.68. The van der Waals surface area contributed by atoms with Gasteiger partial charge in [0, 0.05) is 41.2 Å². The lowest BCUT2D eigenvalue weighted by molar-refractivity contribution is 0.102. The first-order valence-corrected chi connectivity index (χ1v) is 12.6. The van der Waals surface area contributed by atoms with Crippen molar-refractivity contribution in [2.45, 2.75) is 0 Å². The Morgan fingerprint density at radius 2 is 1.77 bits per heavy atom. The van der Waals surface area contributed by atoms with Gasteiger partial charge < -0.3 is 14.6 Å². The molecule has 0 saturated heterocycles. The van der Waals surface area contributed by atoms with Crippen LogP contribution in [0.4, 0.5) is 10.1 Å². The van der Waals surface area contributed by atoms with Crippen LogP contribution in [0.15, 0.2) is 101 Å². The smallest absolute Gasteiger partial charge is 0.269 e. The quantitative estimate of drug-likeness (QED) is 0.260. The van der Waals surface area contributed by atoms with Crippen molar-refractivity contribution in [2.75, 3.05) is 5.32 Å². The van der Waals surface area contributed by atoms with Crippen LogP contribution in [-0.4, -0.2) is 25.0 Å². The van der Waals surface area contributed by atoms with Gasteiger partial charge in [0.15, 0.2) is 0 Å². The van der Waals surface area contributed by atoms with Gasteiger partial charge in [-0.15, -0.1) is 0 Å². The number of hydrogen-bond acceptors (Lipinski definition) is 5. The standard InChI is InChI=1S/C29H19BrFN5O3/c1-35-14-11-21-25(10-13-33-27(21)35)39-20-7-5-19(6-8-20)34-28(37)22-15-17-3-2-12-32-26(17)36(29(22)38)24-9-4-18(30)16-23(24)31/h2-16H,1H3,(H,34,37). The molecule has 0 aliphatic heterocycles. The fourth-order valence-electron chi connectivity index (χ4n) is 4.35. The number of pyridine rings is 3. The fourth-order valence-corrected chi connectivity index (χ4v) is 4.69. The summed E-state index contributed by atoms with van der Waals surface area (Å²) in [6, 6.07) is 19.7. The molecule has 4 aromatic heterocycles. The summed E-state index contributed by atoms with van der Waals surface area (Å²) in [5, 5.41) is 4.14. The topological polar surface area (TPSA) is 91.0 Å². The second kappa shape index (κ2) is 9.80. The third-order valence-corrected chi connectivity index (χ3v) is 6.72. The average Bonchev–Trinajstić information content (AvgIpc) is 3.31. The van der Waals surface area contributed by atoms with Gasteiger partial charge in [-0.1, -0.05) is 15.9 Å². The number of carbonyl (C=O) groups excluding carboxylic acids is 1. The van der Waals surface area contributed by atoms with E-state index in [9.17, 15) is 14.0 Å². The van der Waals surface area contributed by atoms with Gasteiger partial charge in [0.1, 0.15) is 34.2 Å². The number of benzene rings is 2. The van der Waals surface area contributed by atoms with Crippen LogP contribution in [0.1, 0.15) is 10.4 Å². The molecule has 10 heteroatoms. The fraction of sp³-hybridized carbons (Fsp3) is 0.0345. The summed E-state index contributed by atoms with van der Waals surface area (Å²) in [5.74, 6) is -0.0449.